The molecule has 1 aromatic heterocycles. The average Bonchev–Trinajstić information content (AvgIpc) is 3.53. The molecule has 0 spiro atoms. The first-order valence-corrected chi connectivity index (χ1v) is 11.8. The number of ketones is 1. The largest absolute Gasteiger partial charge is 0.480 e. The fraction of sp³-hybridized carbons (Fsp3) is 0.417. The van der Waals surface area contributed by atoms with Gasteiger partial charge in [-0.2, -0.15) is 0 Å². The van der Waals surface area contributed by atoms with E-state index in [1.807, 2.05) is 4.90 Å². The third kappa shape index (κ3) is 5.59. The molecule has 2 aromatic rings. The third-order valence-corrected chi connectivity index (χ3v) is 7.12. The highest BCUT2D eigenvalue weighted by atomic mass is 32.2. The third-order valence-electron chi connectivity index (χ3n) is 5.97. The van der Waals surface area contributed by atoms with Crippen molar-refractivity contribution >= 4 is 34.7 Å². The molecule has 2 unspecified atom stereocenters. The number of halogens is 1. The van der Waals surface area contributed by atoms with Crippen molar-refractivity contribution in [2.24, 2.45) is 5.92 Å². The van der Waals surface area contributed by atoms with E-state index in [0.717, 1.165) is 18.4 Å². The zero-order valence-electron chi connectivity index (χ0n) is 18.3. The standard InChI is InChI=1S/C24H26FN3O4S/c1-15(29)33-20-8-10-28(13-17(20)12-21-26-9-11-27(21)14-22(30)31)23(24(32)16-6-7-16)18-4-2-3-5-19(18)25/h2-5,9,11-12,16,20,23H,6-8,10,13-14H2,1H3,(H,30,31)/b17-12-. The molecule has 4 rings (SSSR count). The zero-order valence-corrected chi connectivity index (χ0v) is 19.1. The smallest absolute Gasteiger partial charge is 0.323 e. The minimum atomic E-state index is -0.984. The molecular weight excluding hydrogens is 445 g/mol. The highest BCUT2D eigenvalue weighted by molar-refractivity contribution is 8.14. The Bertz CT molecular complexity index is 1090. The second-order valence-corrected chi connectivity index (χ2v) is 9.86. The van der Waals surface area contributed by atoms with Gasteiger partial charge in [0.1, 0.15) is 18.2 Å². The number of benzene rings is 1. The van der Waals surface area contributed by atoms with E-state index in [1.165, 1.54) is 35.5 Å². The summed E-state index contributed by atoms with van der Waals surface area (Å²) >= 11 is 1.22. The van der Waals surface area contributed by atoms with E-state index >= 15 is 0 Å². The van der Waals surface area contributed by atoms with Crippen molar-refractivity contribution in [3.05, 3.63) is 59.4 Å². The first-order chi connectivity index (χ1) is 15.8. The van der Waals surface area contributed by atoms with Crippen molar-refractivity contribution in [1.82, 2.24) is 14.5 Å². The number of hydrogen-bond donors (Lipinski definition) is 1. The van der Waals surface area contributed by atoms with Gasteiger partial charge >= 0.3 is 5.97 Å². The Labute approximate surface area is 195 Å². The molecule has 2 fully saturated rings. The van der Waals surface area contributed by atoms with Crippen molar-refractivity contribution in [2.75, 3.05) is 13.1 Å². The van der Waals surface area contributed by atoms with Crippen LogP contribution in [-0.4, -0.2) is 54.8 Å². The maximum Gasteiger partial charge on any atom is 0.323 e. The van der Waals surface area contributed by atoms with E-state index in [4.69, 9.17) is 0 Å². The van der Waals surface area contributed by atoms with Crippen LogP contribution in [-0.2, 0) is 20.9 Å². The number of aliphatic carboxylic acids is 1. The lowest BCUT2D eigenvalue weighted by atomic mass is 9.93. The van der Waals surface area contributed by atoms with Gasteiger partial charge in [-0.25, -0.2) is 9.37 Å². The number of carbonyl (C=O) groups excluding carboxylic acids is 2. The van der Waals surface area contributed by atoms with Crippen LogP contribution >= 0.6 is 11.8 Å². The van der Waals surface area contributed by atoms with Crippen LogP contribution in [0.15, 0.2) is 42.2 Å². The molecule has 7 nitrogen and oxygen atoms in total. The number of carboxylic acid groups (broad SMARTS) is 1. The summed E-state index contributed by atoms with van der Waals surface area (Å²) in [5.74, 6) is -0.925. The lowest BCUT2D eigenvalue weighted by molar-refractivity contribution is -0.137. The number of aromatic nitrogens is 2. The first kappa shape index (κ1) is 23.4. The molecular formula is C24H26FN3O4S. The number of hydrogen-bond acceptors (Lipinski definition) is 6. The fourth-order valence-electron chi connectivity index (χ4n) is 4.30. The van der Waals surface area contributed by atoms with Crippen molar-refractivity contribution in [2.45, 2.75) is 44.0 Å². The monoisotopic (exact) mass is 471 g/mol. The summed E-state index contributed by atoms with van der Waals surface area (Å²) in [6, 6.07) is 5.70. The molecule has 33 heavy (non-hydrogen) atoms. The highest BCUT2D eigenvalue weighted by Gasteiger charge is 2.41. The molecule has 0 radical (unpaired) electrons. The van der Waals surface area contributed by atoms with Gasteiger partial charge < -0.3 is 9.67 Å². The summed E-state index contributed by atoms with van der Waals surface area (Å²) in [5, 5.41) is 9.03. The average molecular weight is 472 g/mol. The minimum absolute atomic E-state index is 0.0204. The second-order valence-electron chi connectivity index (χ2n) is 8.48. The van der Waals surface area contributed by atoms with E-state index in [2.05, 4.69) is 4.98 Å². The number of likely N-dealkylation sites (tertiary alicyclic amines) is 1. The molecule has 1 aromatic carbocycles. The molecule has 1 N–H and O–H groups in total. The van der Waals surface area contributed by atoms with Crippen molar-refractivity contribution in [3.8, 4) is 0 Å². The predicted molar refractivity (Wildman–Crippen MR) is 123 cm³/mol. The maximum atomic E-state index is 14.8. The number of thioether (sulfide) groups is 1. The van der Waals surface area contributed by atoms with Gasteiger partial charge in [0.15, 0.2) is 10.9 Å². The lowest BCUT2D eigenvalue weighted by Gasteiger charge is -2.38. The molecule has 174 valence electrons. The van der Waals surface area contributed by atoms with Gasteiger partial charge in [0.2, 0.25) is 0 Å². The molecule has 1 saturated heterocycles. The maximum absolute atomic E-state index is 14.8. The molecule has 0 bridgehead atoms. The molecule has 2 atom stereocenters. The number of nitrogens with zero attached hydrogens (tertiary/aromatic N) is 3. The van der Waals surface area contributed by atoms with Gasteiger partial charge in [0, 0.05) is 49.1 Å². The number of rotatable bonds is 8. The minimum Gasteiger partial charge on any atom is -0.480 e. The van der Waals surface area contributed by atoms with Crippen LogP contribution < -0.4 is 0 Å². The fourth-order valence-corrected chi connectivity index (χ4v) is 5.22. The first-order valence-electron chi connectivity index (χ1n) is 11.0. The Morgan fingerprint density at radius 3 is 2.70 bits per heavy atom. The van der Waals surface area contributed by atoms with Crippen molar-refractivity contribution < 1.29 is 23.9 Å². The van der Waals surface area contributed by atoms with E-state index in [-0.39, 0.29) is 28.6 Å². The topological polar surface area (TPSA) is 92.5 Å². The number of carboxylic acids is 1. The Morgan fingerprint density at radius 2 is 2.03 bits per heavy atom. The van der Waals surface area contributed by atoms with Crippen LogP contribution in [0, 0.1) is 11.7 Å². The van der Waals surface area contributed by atoms with Gasteiger partial charge in [-0.05, 0) is 37.0 Å². The molecule has 1 aliphatic heterocycles. The van der Waals surface area contributed by atoms with E-state index in [9.17, 15) is 23.9 Å². The molecule has 1 aliphatic carbocycles. The van der Waals surface area contributed by atoms with Gasteiger partial charge in [-0.1, -0.05) is 30.0 Å². The van der Waals surface area contributed by atoms with Crippen LogP contribution in [0.2, 0.25) is 0 Å². The number of imidazole rings is 1. The summed E-state index contributed by atoms with van der Waals surface area (Å²) in [6.07, 6.45) is 7.19. The van der Waals surface area contributed by atoms with Crippen LogP contribution in [0.5, 0.6) is 0 Å². The summed E-state index contributed by atoms with van der Waals surface area (Å²) in [5.41, 5.74) is 1.24. The number of piperidine rings is 1. The van der Waals surface area contributed by atoms with Crippen LogP contribution in [0.1, 0.15) is 43.6 Å². The zero-order chi connectivity index (χ0) is 23.5. The molecule has 1 saturated carbocycles. The van der Waals surface area contributed by atoms with E-state index in [1.54, 1.807) is 30.5 Å². The second kappa shape index (κ2) is 10.0. The summed E-state index contributed by atoms with van der Waals surface area (Å²) in [4.78, 5) is 42.6. The molecule has 2 aliphatic rings. The summed E-state index contributed by atoms with van der Waals surface area (Å²) in [6.45, 7) is 2.19. The molecule has 9 heteroatoms. The summed E-state index contributed by atoms with van der Waals surface area (Å²) in [7, 11) is 0. The normalized spacial score (nSPS) is 21.2. The Kier molecular flexibility index (Phi) is 7.09. The van der Waals surface area contributed by atoms with Crippen molar-refractivity contribution in [3.63, 3.8) is 0 Å². The molecule has 0 amide bonds. The van der Waals surface area contributed by atoms with Crippen LogP contribution in [0.25, 0.3) is 6.08 Å². The Balaban J connectivity index is 1.68. The molecule has 2 heterocycles. The van der Waals surface area contributed by atoms with Gasteiger partial charge in [-0.3, -0.25) is 19.3 Å². The highest BCUT2D eigenvalue weighted by Crippen LogP contribution is 2.40. The van der Waals surface area contributed by atoms with Gasteiger partial charge in [0.25, 0.3) is 0 Å². The van der Waals surface area contributed by atoms with Crippen LogP contribution in [0.4, 0.5) is 4.39 Å². The Morgan fingerprint density at radius 1 is 1.27 bits per heavy atom. The van der Waals surface area contributed by atoms with Gasteiger partial charge in [0.05, 0.1) is 6.04 Å². The van der Waals surface area contributed by atoms with Crippen molar-refractivity contribution in [1.29, 1.82) is 0 Å². The quantitative estimate of drug-likeness (QED) is 0.629. The number of carbonyl (C=O) groups is 3. The van der Waals surface area contributed by atoms with E-state index < -0.39 is 17.8 Å². The van der Waals surface area contributed by atoms with E-state index in [0.29, 0.717) is 30.9 Å². The lowest BCUT2D eigenvalue weighted by Crippen LogP contribution is -2.43. The summed E-state index contributed by atoms with van der Waals surface area (Å²) < 4.78 is 16.3. The van der Waals surface area contributed by atoms with Crippen LogP contribution in [0.3, 0.4) is 0 Å². The SMILES string of the molecule is CC(=O)SC1CCN(C(C(=O)C2CC2)c2ccccc2F)C/C1=C/c1nccn1CC(=O)O. The van der Waals surface area contributed by atoms with Gasteiger partial charge in [-0.15, -0.1) is 0 Å². The number of Topliss-reactive ketones (excluding diaryl/α,β-unsaturated/α-hetero) is 1. The Hall–Kier alpha value is -2.78. The predicted octanol–water partition coefficient (Wildman–Crippen LogP) is 3.56.